The fraction of sp³-hybridized carbons (Fsp3) is 0.769. The molecule has 0 radical (unpaired) electrons. The van der Waals surface area contributed by atoms with Crippen LogP contribution < -0.4 is 11.1 Å². The van der Waals surface area contributed by atoms with Crippen molar-refractivity contribution in [3.63, 3.8) is 0 Å². The second-order valence-corrected chi connectivity index (χ2v) is 5.22. The number of likely N-dealkylation sites (N-methyl/N-ethyl adjacent to an activating group) is 2. The van der Waals surface area contributed by atoms with E-state index in [4.69, 9.17) is 5.73 Å². The molecule has 1 aliphatic rings. The largest absolute Gasteiger partial charge is 0.348 e. The Labute approximate surface area is 110 Å². The van der Waals surface area contributed by atoms with Crippen LogP contribution in [-0.4, -0.2) is 68.1 Å². The van der Waals surface area contributed by atoms with Crippen molar-refractivity contribution in [1.82, 2.24) is 15.1 Å². The Kier molecular flexibility index (Phi) is 6.32. The minimum Gasteiger partial charge on any atom is -0.348 e. The molecular weight excluding hydrogens is 228 g/mol. The van der Waals surface area contributed by atoms with Crippen LogP contribution in [0.1, 0.15) is 13.3 Å². The highest BCUT2D eigenvalue weighted by molar-refractivity contribution is 5.87. The topological polar surface area (TPSA) is 61.6 Å². The van der Waals surface area contributed by atoms with Crippen molar-refractivity contribution >= 4 is 5.91 Å². The number of carbonyl (C=O) groups is 1. The SMILES string of the molecule is CCN1C[C@@H](N)C[C@@H](NC(=O)/C=C/CN(C)C)C1. The summed E-state index contributed by atoms with van der Waals surface area (Å²) in [6, 6.07) is 0.333. The number of piperidine rings is 1. The Hall–Kier alpha value is -0.910. The van der Waals surface area contributed by atoms with Gasteiger partial charge in [-0.15, -0.1) is 0 Å². The first kappa shape index (κ1) is 15.1. The number of nitrogens with zero attached hydrogens (tertiary/aromatic N) is 2. The van der Waals surface area contributed by atoms with Gasteiger partial charge in [-0.3, -0.25) is 4.79 Å². The van der Waals surface area contributed by atoms with Crippen LogP contribution in [0.3, 0.4) is 0 Å². The average Bonchev–Trinajstić information content (AvgIpc) is 2.27. The van der Waals surface area contributed by atoms with Crippen molar-refractivity contribution < 1.29 is 4.79 Å². The lowest BCUT2D eigenvalue weighted by atomic mass is 10.0. The molecule has 1 rings (SSSR count). The van der Waals surface area contributed by atoms with E-state index in [1.165, 1.54) is 0 Å². The van der Waals surface area contributed by atoms with Crippen LogP contribution >= 0.6 is 0 Å². The molecule has 3 N–H and O–H groups in total. The van der Waals surface area contributed by atoms with Gasteiger partial charge in [-0.1, -0.05) is 13.0 Å². The molecule has 0 aromatic rings. The Morgan fingerprint density at radius 1 is 1.50 bits per heavy atom. The Bertz CT molecular complexity index is 291. The predicted molar refractivity (Wildman–Crippen MR) is 74.3 cm³/mol. The molecule has 5 heteroatoms. The molecule has 0 aromatic heterocycles. The van der Waals surface area contributed by atoms with Crippen molar-refractivity contribution in [1.29, 1.82) is 0 Å². The lowest BCUT2D eigenvalue weighted by Crippen LogP contribution is -2.54. The highest BCUT2D eigenvalue weighted by atomic mass is 16.1. The van der Waals surface area contributed by atoms with Gasteiger partial charge in [0.05, 0.1) is 0 Å². The molecule has 0 aliphatic carbocycles. The van der Waals surface area contributed by atoms with E-state index in [-0.39, 0.29) is 18.0 Å². The zero-order valence-electron chi connectivity index (χ0n) is 11.7. The molecule has 0 spiro atoms. The fourth-order valence-corrected chi connectivity index (χ4v) is 2.22. The Balaban J connectivity index is 2.36. The smallest absolute Gasteiger partial charge is 0.243 e. The number of hydrogen-bond donors (Lipinski definition) is 2. The van der Waals surface area contributed by atoms with E-state index in [0.717, 1.165) is 32.6 Å². The zero-order chi connectivity index (χ0) is 13.5. The molecule has 0 bridgehead atoms. The summed E-state index contributed by atoms with van der Waals surface area (Å²) < 4.78 is 0. The summed E-state index contributed by atoms with van der Waals surface area (Å²) >= 11 is 0. The third-order valence-corrected chi connectivity index (χ3v) is 3.09. The molecule has 2 atom stereocenters. The quantitative estimate of drug-likeness (QED) is 0.658. The maximum absolute atomic E-state index is 11.7. The summed E-state index contributed by atoms with van der Waals surface area (Å²) in [5, 5.41) is 3.02. The summed E-state index contributed by atoms with van der Waals surface area (Å²) in [5.74, 6) is -0.0213. The number of hydrogen-bond acceptors (Lipinski definition) is 4. The zero-order valence-corrected chi connectivity index (χ0v) is 11.7. The van der Waals surface area contributed by atoms with Crippen molar-refractivity contribution in [2.45, 2.75) is 25.4 Å². The monoisotopic (exact) mass is 254 g/mol. The van der Waals surface area contributed by atoms with E-state index < -0.39 is 0 Å². The molecule has 5 nitrogen and oxygen atoms in total. The molecule has 0 aromatic carbocycles. The minimum atomic E-state index is -0.0213. The maximum Gasteiger partial charge on any atom is 0.243 e. The lowest BCUT2D eigenvalue weighted by molar-refractivity contribution is -0.117. The third-order valence-electron chi connectivity index (χ3n) is 3.09. The van der Waals surface area contributed by atoms with E-state index >= 15 is 0 Å². The number of rotatable bonds is 5. The van der Waals surface area contributed by atoms with E-state index in [0.29, 0.717) is 0 Å². The van der Waals surface area contributed by atoms with Gasteiger partial charge < -0.3 is 20.9 Å². The number of likely N-dealkylation sites (tertiary alicyclic amines) is 1. The van der Waals surface area contributed by atoms with Gasteiger partial charge in [0.2, 0.25) is 5.91 Å². The molecule has 104 valence electrons. The summed E-state index contributed by atoms with van der Waals surface area (Å²) in [6.07, 6.45) is 4.34. The summed E-state index contributed by atoms with van der Waals surface area (Å²) in [7, 11) is 3.95. The Morgan fingerprint density at radius 2 is 2.22 bits per heavy atom. The van der Waals surface area contributed by atoms with E-state index in [1.54, 1.807) is 6.08 Å². The van der Waals surface area contributed by atoms with Crippen LogP contribution in [-0.2, 0) is 4.79 Å². The van der Waals surface area contributed by atoms with Crippen molar-refractivity contribution in [3.05, 3.63) is 12.2 Å². The van der Waals surface area contributed by atoms with Crippen LogP contribution in [0.2, 0.25) is 0 Å². The van der Waals surface area contributed by atoms with Crippen molar-refractivity contribution in [2.24, 2.45) is 5.73 Å². The highest BCUT2D eigenvalue weighted by Gasteiger charge is 2.24. The minimum absolute atomic E-state index is 0.0213. The van der Waals surface area contributed by atoms with Crippen LogP contribution in [0.25, 0.3) is 0 Å². The fourth-order valence-electron chi connectivity index (χ4n) is 2.22. The van der Waals surface area contributed by atoms with Gasteiger partial charge in [0.1, 0.15) is 0 Å². The Morgan fingerprint density at radius 3 is 2.83 bits per heavy atom. The third kappa shape index (κ3) is 5.62. The molecular formula is C13H26N4O. The van der Waals surface area contributed by atoms with E-state index in [1.807, 2.05) is 25.1 Å². The first-order valence-corrected chi connectivity index (χ1v) is 6.61. The van der Waals surface area contributed by atoms with Gasteiger partial charge in [0.25, 0.3) is 0 Å². The van der Waals surface area contributed by atoms with Gasteiger partial charge in [0, 0.05) is 37.8 Å². The second-order valence-electron chi connectivity index (χ2n) is 5.22. The van der Waals surface area contributed by atoms with Crippen LogP contribution in [0, 0.1) is 0 Å². The van der Waals surface area contributed by atoms with Gasteiger partial charge in [0.15, 0.2) is 0 Å². The lowest BCUT2D eigenvalue weighted by Gasteiger charge is -2.35. The molecule has 0 saturated carbocycles. The van der Waals surface area contributed by atoms with Crippen LogP contribution in [0.15, 0.2) is 12.2 Å². The number of nitrogens with one attached hydrogen (secondary N) is 1. The number of carbonyl (C=O) groups excluding carboxylic acids is 1. The van der Waals surface area contributed by atoms with Gasteiger partial charge in [-0.2, -0.15) is 0 Å². The van der Waals surface area contributed by atoms with Gasteiger partial charge >= 0.3 is 0 Å². The average molecular weight is 254 g/mol. The first-order chi connectivity index (χ1) is 8.51. The summed E-state index contributed by atoms with van der Waals surface area (Å²) in [6.45, 7) is 5.71. The van der Waals surface area contributed by atoms with E-state index in [9.17, 15) is 4.79 Å². The molecule has 1 saturated heterocycles. The normalized spacial score (nSPS) is 25.8. The molecule has 1 aliphatic heterocycles. The van der Waals surface area contributed by atoms with Crippen LogP contribution in [0.5, 0.6) is 0 Å². The first-order valence-electron chi connectivity index (χ1n) is 6.61. The molecule has 1 fully saturated rings. The van der Waals surface area contributed by atoms with E-state index in [2.05, 4.69) is 17.1 Å². The standard InChI is InChI=1S/C13H26N4O/c1-4-17-9-11(14)8-12(10-17)15-13(18)6-5-7-16(2)3/h5-6,11-12H,4,7-10,14H2,1-3H3,(H,15,18)/b6-5+/t11-,12+/m0/s1. The van der Waals surface area contributed by atoms with Crippen molar-refractivity contribution in [3.8, 4) is 0 Å². The highest BCUT2D eigenvalue weighted by Crippen LogP contribution is 2.08. The number of amides is 1. The predicted octanol–water partition coefficient (Wildman–Crippen LogP) is -0.358. The molecule has 1 heterocycles. The number of nitrogens with two attached hydrogens (primary N) is 1. The summed E-state index contributed by atoms with van der Waals surface area (Å²) in [5.41, 5.74) is 5.99. The maximum atomic E-state index is 11.7. The molecule has 1 amide bonds. The molecule has 18 heavy (non-hydrogen) atoms. The van der Waals surface area contributed by atoms with Crippen LogP contribution in [0.4, 0.5) is 0 Å². The summed E-state index contributed by atoms with van der Waals surface area (Å²) in [4.78, 5) is 16.0. The van der Waals surface area contributed by atoms with Gasteiger partial charge in [-0.25, -0.2) is 0 Å². The van der Waals surface area contributed by atoms with Crippen molar-refractivity contribution in [2.75, 3.05) is 40.3 Å². The molecule has 0 unspecified atom stereocenters. The second kappa shape index (κ2) is 7.51. The van der Waals surface area contributed by atoms with Gasteiger partial charge in [-0.05, 0) is 27.1 Å².